The number of rotatable bonds is 3. The first-order valence-corrected chi connectivity index (χ1v) is 5.84. The molecule has 0 aliphatic carbocycles. The number of aliphatic hydroxyl groups excluding tert-OH is 1. The van der Waals surface area contributed by atoms with Crippen molar-refractivity contribution in [3.63, 3.8) is 0 Å². The number of aliphatic hydroxyl groups is 1. The summed E-state index contributed by atoms with van der Waals surface area (Å²) in [4.78, 5) is 4.28. The van der Waals surface area contributed by atoms with Gasteiger partial charge in [-0.3, -0.25) is 0 Å². The van der Waals surface area contributed by atoms with Gasteiger partial charge in [0, 0.05) is 5.39 Å². The van der Waals surface area contributed by atoms with Crippen molar-refractivity contribution in [1.82, 2.24) is 4.98 Å². The van der Waals surface area contributed by atoms with Crippen LogP contribution in [-0.4, -0.2) is 22.2 Å². The molecule has 0 saturated carbocycles. The van der Waals surface area contributed by atoms with Crippen LogP contribution in [0.5, 0.6) is 0 Å². The molecule has 2 N–H and O–H groups in total. The number of nitrogens with zero attached hydrogens (tertiary/aromatic N) is 1. The van der Waals surface area contributed by atoms with E-state index in [-0.39, 0.29) is 6.61 Å². The predicted octanol–water partition coefficient (Wildman–Crippen LogP) is 3.07. The van der Waals surface area contributed by atoms with Gasteiger partial charge in [-0.1, -0.05) is 35.9 Å². The second-order valence-corrected chi connectivity index (χ2v) is 5.07. The van der Waals surface area contributed by atoms with Crippen molar-refractivity contribution >= 4 is 28.2 Å². The molecule has 0 radical (unpaired) electrons. The Morgan fingerprint density at radius 2 is 2.06 bits per heavy atom. The van der Waals surface area contributed by atoms with E-state index >= 15 is 0 Å². The zero-order chi connectivity index (χ0) is 12.5. The number of pyridine rings is 1. The monoisotopic (exact) mass is 250 g/mol. The van der Waals surface area contributed by atoms with Gasteiger partial charge in [-0.25, -0.2) is 4.98 Å². The highest BCUT2D eigenvalue weighted by Gasteiger charge is 2.18. The van der Waals surface area contributed by atoms with Crippen molar-refractivity contribution in [3.8, 4) is 0 Å². The predicted molar refractivity (Wildman–Crippen MR) is 71.5 cm³/mol. The van der Waals surface area contributed by atoms with Gasteiger partial charge in [-0.05, 0) is 25.3 Å². The van der Waals surface area contributed by atoms with Crippen LogP contribution in [-0.2, 0) is 0 Å². The summed E-state index contributed by atoms with van der Waals surface area (Å²) >= 11 is 5.98. The zero-order valence-corrected chi connectivity index (χ0v) is 10.6. The average Bonchev–Trinajstić information content (AvgIpc) is 2.28. The number of aromatic nitrogens is 1. The van der Waals surface area contributed by atoms with Crippen LogP contribution in [0.2, 0.25) is 5.15 Å². The van der Waals surface area contributed by atoms with Crippen LogP contribution in [0.1, 0.15) is 13.8 Å². The summed E-state index contributed by atoms with van der Waals surface area (Å²) in [6.07, 6.45) is 0. The molecule has 0 unspecified atom stereocenters. The number of nitrogens with one attached hydrogen (secondary N) is 1. The molecule has 0 aliphatic rings. The normalized spacial score (nSPS) is 11.8. The van der Waals surface area contributed by atoms with Crippen LogP contribution in [0.3, 0.4) is 0 Å². The smallest absolute Gasteiger partial charge is 0.136 e. The first-order valence-electron chi connectivity index (χ1n) is 5.46. The Labute approximate surface area is 105 Å². The number of anilines is 1. The molecule has 1 heterocycles. The summed E-state index contributed by atoms with van der Waals surface area (Å²) in [7, 11) is 0. The second-order valence-electron chi connectivity index (χ2n) is 4.68. The SMILES string of the molecule is CC(C)(CO)Nc1nc(Cl)cc2ccccc12. The lowest BCUT2D eigenvalue weighted by atomic mass is 10.1. The molecule has 0 fully saturated rings. The largest absolute Gasteiger partial charge is 0.394 e. The maximum absolute atomic E-state index is 9.27. The van der Waals surface area contributed by atoms with Gasteiger partial charge < -0.3 is 10.4 Å². The molecule has 1 aromatic heterocycles. The summed E-state index contributed by atoms with van der Waals surface area (Å²) in [6, 6.07) is 9.71. The van der Waals surface area contributed by atoms with Gasteiger partial charge in [0.2, 0.25) is 0 Å². The molecule has 1 aromatic carbocycles. The molecule has 0 spiro atoms. The summed E-state index contributed by atoms with van der Waals surface area (Å²) in [5.74, 6) is 0.701. The summed E-state index contributed by atoms with van der Waals surface area (Å²) in [6.45, 7) is 3.84. The molecule has 4 heteroatoms. The van der Waals surface area contributed by atoms with Crippen molar-refractivity contribution in [2.24, 2.45) is 0 Å². The topological polar surface area (TPSA) is 45.1 Å². The highest BCUT2D eigenvalue weighted by Crippen LogP contribution is 2.26. The molecule has 0 atom stereocenters. The quantitative estimate of drug-likeness (QED) is 0.823. The number of halogens is 1. The Bertz CT molecular complexity index is 540. The highest BCUT2D eigenvalue weighted by molar-refractivity contribution is 6.30. The molecule has 3 nitrogen and oxygen atoms in total. The first kappa shape index (κ1) is 12.1. The van der Waals surface area contributed by atoms with E-state index in [0.717, 1.165) is 10.8 Å². The van der Waals surface area contributed by atoms with Gasteiger partial charge >= 0.3 is 0 Å². The Hall–Kier alpha value is -1.32. The van der Waals surface area contributed by atoms with E-state index in [1.165, 1.54) is 0 Å². The fourth-order valence-corrected chi connectivity index (χ4v) is 1.82. The fourth-order valence-electron chi connectivity index (χ4n) is 1.62. The zero-order valence-electron chi connectivity index (χ0n) is 9.87. The standard InChI is InChI=1S/C13H15ClN2O/c1-13(2,8-17)16-12-10-6-4-3-5-9(10)7-11(14)15-12/h3-7,17H,8H2,1-2H3,(H,15,16). The molecule has 2 rings (SSSR count). The lowest BCUT2D eigenvalue weighted by Crippen LogP contribution is -2.35. The van der Waals surface area contributed by atoms with Crippen LogP contribution < -0.4 is 5.32 Å². The van der Waals surface area contributed by atoms with Crippen molar-refractivity contribution < 1.29 is 5.11 Å². The number of benzene rings is 1. The Balaban J connectivity index is 2.53. The summed E-state index contributed by atoms with van der Waals surface area (Å²) in [5.41, 5.74) is -0.430. The molecule has 0 saturated heterocycles. The van der Waals surface area contributed by atoms with Gasteiger partial charge in [0.05, 0.1) is 12.1 Å². The maximum Gasteiger partial charge on any atom is 0.136 e. The van der Waals surface area contributed by atoms with E-state index in [4.69, 9.17) is 11.6 Å². The minimum Gasteiger partial charge on any atom is -0.394 e. The van der Waals surface area contributed by atoms with Crippen molar-refractivity contribution in [3.05, 3.63) is 35.5 Å². The van der Waals surface area contributed by atoms with Gasteiger partial charge in [-0.2, -0.15) is 0 Å². The lowest BCUT2D eigenvalue weighted by molar-refractivity contribution is 0.234. The van der Waals surface area contributed by atoms with Crippen LogP contribution >= 0.6 is 11.6 Å². The maximum atomic E-state index is 9.27. The van der Waals surface area contributed by atoms with Crippen LogP contribution in [0.15, 0.2) is 30.3 Å². The minimum absolute atomic E-state index is 0.0233. The van der Waals surface area contributed by atoms with E-state index in [1.54, 1.807) is 0 Å². The third kappa shape index (κ3) is 2.68. The summed E-state index contributed by atoms with van der Waals surface area (Å²) in [5, 5.41) is 15.0. The Morgan fingerprint density at radius 3 is 2.76 bits per heavy atom. The third-order valence-electron chi connectivity index (χ3n) is 2.56. The van der Waals surface area contributed by atoms with Crippen molar-refractivity contribution in [2.75, 3.05) is 11.9 Å². The van der Waals surface area contributed by atoms with E-state index in [2.05, 4.69) is 10.3 Å². The second kappa shape index (κ2) is 4.51. The number of hydrogen-bond acceptors (Lipinski definition) is 3. The molecule has 0 bridgehead atoms. The molecule has 90 valence electrons. The van der Waals surface area contributed by atoms with E-state index in [9.17, 15) is 5.11 Å². The lowest BCUT2D eigenvalue weighted by Gasteiger charge is -2.25. The molecule has 0 aliphatic heterocycles. The number of hydrogen-bond donors (Lipinski definition) is 2. The molecule has 17 heavy (non-hydrogen) atoms. The third-order valence-corrected chi connectivity index (χ3v) is 2.75. The van der Waals surface area contributed by atoms with Gasteiger partial charge in [0.25, 0.3) is 0 Å². The molecular weight excluding hydrogens is 236 g/mol. The van der Waals surface area contributed by atoms with Crippen LogP contribution in [0.25, 0.3) is 10.8 Å². The Kier molecular flexibility index (Phi) is 3.22. The molecule has 0 amide bonds. The summed E-state index contributed by atoms with van der Waals surface area (Å²) < 4.78 is 0. The molecule has 2 aromatic rings. The van der Waals surface area contributed by atoms with Crippen molar-refractivity contribution in [2.45, 2.75) is 19.4 Å². The van der Waals surface area contributed by atoms with Gasteiger partial charge in [0.15, 0.2) is 0 Å². The van der Waals surface area contributed by atoms with E-state index in [1.807, 2.05) is 44.2 Å². The Morgan fingerprint density at radius 1 is 1.35 bits per heavy atom. The van der Waals surface area contributed by atoms with E-state index < -0.39 is 5.54 Å². The number of fused-ring (bicyclic) bond motifs is 1. The minimum atomic E-state index is -0.430. The van der Waals surface area contributed by atoms with Crippen LogP contribution in [0.4, 0.5) is 5.82 Å². The molecular formula is C13H15ClN2O. The van der Waals surface area contributed by atoms with E-state index in [0.29, 0.717) is 11.0 Å². The fraction of sp³-hybridized carbons (Fsp3) is 0.308. The highest BCUT2D eigenvalue weighted by atomic mass is 35.5. The van der Waals surface area contributed by atoms with Gasteiger partial charge in [0.1, 0.15) is 11.0 Å². The van der Waals surface area contributed by atoms with Crippen molar-refractivity contribution in [1.29, 1.82) is 0 Å². The van der Waals surface area contributed by atoms with Gasteiger partial charge in [-0.15, -0.1) is 0 Å². The first-order chi connectivity index (χ1) is 8.02. The average molecular weight is 251 g/mol. The van der Waals surface area contributed by atoms with Crippen LogP contribution in [0, 0.1) is 0 Å².